The van der Waals surface area contributed by atoms with Crippen LogP contribution in [0.25, 0.3) is 0 Å². The van der Waals surface area contributed by atoms with E-state index < -0.39 is 6.16 Å². The first-order valence-corrected chi connectivity index (χ1v) is 14.8. The number of fused-ring (bicyclic) bond motifs is 5. The van der Waals surface area contributed by atoms with E-state index in [4.69, 9.17) is 9.47 Å². The minimum absolute atomic E-state index is 0.0380. The third-order valence-corrected chi connectivity index (χ3v) is 10.8. The maximum absolute atomic E-state index is 12.1. The van der Waals surface area contributed by atoms with E-state index in [1.165, 1.54) is 64.2 Å². The number of carbonyl (C=O) groups is 1. The molecule has 0 heterocycles. The highest BCUT2D eigenvalue weighted by Gasteiger charge is 2.58. The van der Waals surface area contributed by atoms with Crippen molar-refractivity contribution in [3.05, 3.63) is 23.8 Å². The lowest BCUT2D eigenvalue weighted by molar-refractivity contribution is -0.0559. The van der Waals surface area contributed by atoms with Gasteiger partial charge in [0.1, 0.15) is 12.7 Å². The molecule has 0 amide bonds. The standard InChI is InChI=1S/C32H52O3/c1-22(2)10-8-7-9-11-24-13-15-28-27-14-12-25-20-26(35-30(33)34-21-23(3)4)16-18-32(25,6)29(27)17-19-31(24,28)5/h12,22,24,26-29H,3,7-11,13-21H2,1-2,4-6H3/t24-,26+,27+,28-,29+,31-,32-/m1/s1. The average Bonchev–Trinajstić information content (AvgIpc) is 3.14. The molecule has 0 saturated heterocycles. The fourth-order valence-electron chi connectivity index (χ4n) is 8.78. The number of ether oxygens (including phenoxy) is 2. The van der Waals surface area contributed by atoms with Gasteiger partial charge in [-0.05, 0) is 104 Å². The molecule has 3 nitrogen and oxygen atoms in total. The quantitative estimate of drug-likeness (QED) is 0.186. The molecule has 198 valence electrons. The molecule has 4 rings (SSSR count). The van der Waals surface area contributed by atoms with Crippen molar-refractivity contribution in [2.75, 3.05) is 6.61 Å². The highest BCUT2D eigenvalue weighted by molar-refractivity contribution is 5.60. The summed E-state index contributed by atoms with van der Waals surface area (Å²) in [7, 11) is 0. The van der Waals surface area contributed by atoms with Gasteiger partial charge in [-0.1, -0.05) is 71.6 Å². The van der Waals surface area contributed by atoms with Crippen molar-refractivity contribution >= 4 is 6.16 Å². The summed E-state index contributed by atoms with van der Waals surface area (Å²) >= 11 is 0. The third-order valence-electron chi connectivity index (χ3n) is 10.8. The summed E-state index contributed by atoms with van der Waals surface area (Å²) in [6.45, 7) is 15.8. The van der Waals surface area contributed by atoms with Crippen LogP contribution >= 0.6 is 0 Å². The summed E-state index contributed by atoms with van der Waals surface area (Å²) in [5.74, 6) is 4.36. The molecule has 0 bridgehead atoms. The SMILES string of the molecule is C=C(C)COC(=O)O[C@H]1CC[C@]2(C)C(=CC[C@H]3[C@H]4CC[C@@H](CCCCCC(C)C)[C@@]4(C)CC[C@@H]32)C1. The predicted molar refractivity (Wildman–Crippen MR) is 144 cm³/mol. The summed E-state index contributed by atoms with van der Waals surface area (Å²) in [6.07, 6.45) is 19.1. The van der Waals surface area contributed by atoms with Crippen LogP contribution in [0.1, 0.15) is 118 Å². The molecule has 3 heteroatoms. The van der Waals surface area contributed by atoms with Gasteiger partial charge in [0.05, 0.1) is 0 Å². The van der Waals surface area contributed by atoms with Crippen LogP contribution in [0.2, 0.25) is 0 Å². The van der Waals surface area contributed by atoms with E-state index in [-0.39, 0.29) is 12.7 Å². The highest BCUT2D eigenvalue weighted by atomic mass is 16.7. The van der Waals surface area contributed by atoms with Gasteiger partial charge >= 0.3 is 6.16 Å². The second-order valence-electron chi connectivity index (χ2n) is 13.6. The summed E-state index contributed by atoms with van der Waals surface area (Å²) in [4.78, 5) is 12.1. The Morgan fingerprint density at radius 1 is 1.09 bits per heavy atom. The van der Waals surface area contributed by atoms with Gasteiger partial charge in [0.25, 0.3) is 0 Å². The summed E-state index contributed by atoms with van der Waals surface area (Å²) in [5.41, 5.74) is 3.25. The van der Waals surface area contributed by atoms with Crippen LogP contribution in [-0.2, 0) is 9.47 Å². The molecule has 0 aromatic carbocycles. The molecule has 3 fully saturated rings. The van der Waals surface area contributed by atoms with Gasteiger partial charge in [0.15, 0.2) is 0 Å². The molecule has 35 heavy (non-hydrogen) atoms. The summed E-state index contributed by atoms with van der Waals surface area (Å²) in [5, 5.41) is 0. The van der Waals surface area contributed by atoms with Crippen LogP contribution in [0.15, 0.2) is 23.8 Å². The summed E-state index contributed by atoms with van der Waals surface area (Å²) in [6, 6.07) is 0. The second kappa shape index (κ2) is 11.0. The van der Waals surface area contributed by atoms with Gasteiger partial charge in [-0.3, -0.25) is 0 Å². The molecule has 0 spiro atoms. The van der Waals surface area contributed by atoms with E-state index in [0.29, 0.717) is 10.8 Å². The lowest BCUT2D eigenvalue weighted by Gasteiger charge is -2.58. The molecule has 4 aliphatic rings. The molecule has 0 aliphatic heterocycles. The molecule has 0 unspecified atom stereocenters. The van der Waals surface area contributed by atoms with Gasteiger partial charge in [-0.15, -0.1) is 0 Å². The topological polar surface area (TPSA) is 35.5 Å². The van der Waals surface area contributed by atoms with Crippen molar-refractivity contribution in [1.29, 1.82) is 0 Å². The Hall–Kier alpha value is -1.25. The molecule has 4 aliphatic carbocycles. The minimum atomic E-state index is -0.537. The van der Waals surface area contributed by atoms with E-state index in [2.05, 4.69) is 40.3 Å². The van der Waals surface area contributed by atoms with Gasteiger partial charge in [-0.25, -0.2) is 4.79 Å². The van der Waals surface area contributed by atoms with Crippen molar-refractivity contribution in [2.24, 2.45) is 40.4 Å². The predicted octanol–water partition coefficient (Wildman–Crippen LogP) is 9.27. The van der Waals surface area contributed by atoms with Crippen LogP contribution in [-0.4, -0.2) is 18.9 Å². The van der Waals surface area contributed by atoms with Crippen molar-refractivity contribution in [3.63, 3.8) is 0 Å². The molecule has 7 atom stereocenters. The van der Waals surface area contributed by atoms with E-state index in [9.17, 15) is 4.79 Å². The zero-order chi connectivity index (χ0) is 25.2. The zero-order valence-corrected chi connectivity index (χ0v) is 23.4. The number of unbranched alkanes of at least 4 members (excludes halogenated alkanes) is 2. The van der Waals surface area contributed by atoms with Crippen molar-refractivity contribution in [2.45, 2.75) is 124 Å². The third kappa shape index (κ3) is 5.69. The molecule has 0 radical (unpaired) electrons. The van der Waals surface area contributed by atoms with E-state index in [1.54, 1.807) is 5.57 Å². The molecule has 0 N–H and O–H groups in total. The number of rotatable bonds is 9. The van der Waals surface area contributed by atoms with Gasteiger partial charge in [-0.2, -0.15) is 0 Å². The van der Waals surface area contributed by atoms with Gasteiger partial charge in [0.2, 0.25) is 0 Å². The second-order valence-corrected chi connectivity index (χ2v) is 13.6. The molecular formula is C32H52O3. The van der Waals surface area contributed by atoms with Crippen LogP contribution < -0.4 is 0 Å². The van der Waals surface area contributed by atoms with Crippen LogP contribution in [0, 0.1) is 40.4 Å². The maximum Gasteiger partial charge on any atom is 0.508 e. The van der Waals surface area contributed by atoms with E-state index >= 15 is 0 Å². The Morgan fingerprint density at radius 2 is 1.89 bits per heavy atom. The van der Waals surface area contributed by atoms with Crippen LogP contribution in [0.5, 0.6) is 0 Å². The van der Waals surface area contributed by atoms with Gasteiger partial charge < -0.3 is 9.47 Å². The smallest absolute Gasteiger partial charge is 0.431 e. The Labute approximate surface area is 215 Å². The molecule has 0 aromatic rings. The Bertz CT molecular complexity index is 797. The average molecular weight is 485 g/mol. The zero-order valence-electron chi connectivity index (χ0n) is 23.4. The molecular weight excluding hydrogens is 432 g/mol. The first-order valence-electron chi connectivity index (χ1n) is 14.8. The first kappa shape index (κ1) is 26.8. The molecule has 0 aromatic heterocycles. The normalized spacial score (nSPS) is 38.2. The maximum atomic E-state index is 12.1. The van der Waals surface area contributed by atoms with Gasteiger partial charge in [0, 0.05) is 6.42 Å². The lowest BCUT2D eigenvalue weighted by atomic mass is 9.47. The fraction of sp³-hybridized carbons (Fsp3) is 0.844. The van der Waals surface area contributed by atoms with Crippen molar-refractivity contribution < 1.29 is 14.3 Å². The van der Waals surface area contributed by atoms with Crippen LogP contribution in [0.3, 0.4) is 0 Å². The number of hydrogen-bond donors (Lipinski definition) is 0. The number of allylic oxidation sites excluding steroid dienone is 1. The molecule has 3 saturated carbocycles. The number of hydrogen-bond acceptors (Lipinski definition) is 3. The Morgan fingerprint density at radius 3 is 2.63 bits per heavy atom. The Balaban J connectivity index is 1.35. The van der Waals surface area contributed by atoms with Crippen LogP contribution in [0.4, 0.5) is 4.79 Å². The van der Waals surface area contributed by atoms with Crippen molar-refractivity contribution in [1.82, 2.24) is 0 Å². The van der Waals surface area contributed by atoms with E-state index in [1.807, 2.05) is 6.92 Å². The first-order chi connectivity index (χ1) is 16.6. The highest BCUT2D eigenvalue weighted by Crippen LogP contribution is 2.66. The lowest BCUT2D eigenvalue weighted by Crippen LogP contribution is -2.50. The largest absolute Gasteiger partial charge is 0.508 e. The monoisotopic (exact) mass is 484 g/mol. The van der Waals surface area contributed by atoms with Crippen molar-refractivity contribution in [3.8, 4) is 0 Å². The van der Waals surface area contributed by atoms with E-state index in [0.717, 1.165) is 54.4 Å². The Kier molecular flexibility index (Phi) is 8.43. The fourth-order valence-corrected chi connectivity index (χ4v) is 8.78. The minimum Gasteiger partial charge on any atom is -0.431 e. The number of carbonyl (C=O) groups excluding carboxylic acids is 1. The summed E-state index contributed by atoms with van der Waals surface area (Å²) < 4.78 is 10.9.